The van der Waals surface area contributed by atoms with Crippen LogP contribution in [0.3, 0.4) is 0 Å². The zero-order valence-corrected chi connectivity index (χ0v) is 16.4. The third-order valence-electron chi connectivity index (χ3n) is 3.78. The molecule has 1 atom stereocenters. The topological polar surface area (TPSA) is 61.2 Å². The normalized spacial score (nSPS) is 12.5. The Morgan fingerprint density at radius 2 is 1.92 bits per heavy atom. The van der Waals surface area contributed by atoms with Gasteiger partial charge in [-0.25, -0.2) is 9.78 Å². The molecule has 0 amide bonds. The van der Waals surface area contributed by atoms with E-state index in [1.165, 1.54) is 22.2 Å². The van der Waals surface area contributed by atoms with Gasteiger partial charge < -0.3 is 4.74 Å². The molecule has 5 nitrogen and oxygen atoms in total. The standard InChI is InChI=1S/C18H17BrN2O3S/c1-10(2)24-18(23)11(3)21-9-20-16-15(17(21)22)14(8-25-16)12-4-6-13(19)7-5-12/h4-11H,1-3H3/t11-/m0/s1. The van der Waals surface area contributed by atoms with E-state index in [2.05, 4.69) is 20.9 Å². The monoisotopic (exact) mass is 420 g/mol. The average molecular weight is 421 g/mol. The van der Waals surface area contributed by atoms with E-state index in [0.29, 0.717) is 10.2 Å². The van der Waals surface area contributed by atoms with Crippen LogP contribution in [0.1, 0.15) is 26.8 Å². The van der Waals surface area contributed by atoms with Crippen molar-refractivity contribution in [2.75, 3.05) is 0 Å². The van der Waals surface area contributed by atoms with Gasteiger partial charge >= 0.3 is 5.97 Å². The number of nitrogens with zero attached hydrogens (tertiary/aromatic N) is 2. The van der Waals surface area contributed by atoms with Crippen LogP contribution in [-0.2, 0) is 9.53 Å². The van der Waals surface area contributed by atoms with Crippen molar-refractivity contribution in [1.82, 2.24) is 9.55 Å². The quantitative estimate of drug-likeness (QED) is 0.586. The lowest BCUT2D eigenvalue weighted by Crippen LogP contribution is -2.30. The van der Waals surface area contributed by atoms with Crippen molar-refractivity contribution in [2.45, 2.75) is 32.9 Å². The van der Waals surface area contributed by atoms with E-state index in [1.807, 2.05) is 29.6 Å². The van der Waals surface area contributed by atoms with Gasteiger partial charge in [0.05, 0.1) is 17.8 Å². The van der Waals surface area contributed by atoms with E-state index in [1.54, 1.807) is 20.8 Å². The predicted molar refractivity (Wildman–Crippen MR) is 103 cm³/mol. The smallest absolute Gasteiger partial charge is 0.329 e. The highest BCUT2D eigenvalue weighted by molar-refractivity contribution is 9.10. The Kier molecular flexibility index (Phi) is 5.06. The maximum Gasteiger partial charge on any atom is 0.329 e. The molecule has 3 aromatic rings. The zero-order chi connectivity index (χ0) is 18.1. The average Bonchev–Trinajstić information content (AvgIpc) is 2.99. The van der Waals surface area contributed by atoms with E-state index < -0.39 is 12.0 Å². The summed E-state index contributed by atoms with van der Waals surface area (Å²) in [6.45, 7) is 5.20. The predicted octanol–water partition coefficient (Wildman–Crippen LogP) is 4.40. The number of fused-ring (bicyclic) bond motifs is 1. The Bertz CT molecular complexity index is 976. The second-order valence-corrected chi connectivity index (χ2v) is 7.73. The van der Waals surface area contributed by atoms with Gasteiger partial charge in [-0.1, -0.05) is 28.1 Å². The van der Waals surface area contributed by atoms with Crippen LogP contribution in [-0.4, -0.2) is 21.6 Å². The lowest BCUT2D eigenvalue weighted by atomic mass is 10.1. The molecule has 2 heterocycles. The second kappa shape index (κ2) is 7.09. The van der Waals surface area contributed by atoms with E-state index in [-0.39, 0.29) is 11.7 Å². The number of halogens is 1. The van der Waals surface area contributed by atoms with E-state index in [4.69, 9.17) is 4.74 Å². The van der Waals surface area contributed by atoms with Crippen LogP contribution in [0.4, 0.5) is 0 Å². The molecule has 25 heavy (non-hydrogen) atoms. The number of aromatic nitrogens is 2. The first kappa shape index (κ1) is 17.8. The molecule has 0 bridgehead atoms. The van der Waals surface area contributed by atoms with E-state index in [0.717, 1.165) is 15.6 Å². The van der Waals surface area contributed by atoms with Gasteiger partial charge in [0, 0.05) is 15.4 Å². The number of carbonyl (C=O) groups is 1. The van der Waals surface area contributed by atoms with Gasteiger partial charge in [-0.2, -0.15) is 0 Å². The number of benzene rings is 1. The maximum atomic E-state index is 13.0. The fraction of sp³-hybridized carbons (Fsp3) is 0.278. The molecule has 0 aliphatic carbocycles. The van der Waals surface area contributed by atoms with Crippen LogP contribution in [0.5, 0.6) is 0 Å². The number of thiophene rings is 1. The molecule has 0 aliphatic heterocycles. The van der Waals surface area contributed by atoms with Crippen LogP contribution in [0.2, 0.25) is 0 Å². The van der Waals surface area contributed by atoms with Crippen molar-refractivity contribution in [3.63, 3.8) is 0 Å². The molecule has 0 saturated carbocycles. The van der Waals surface area contributed by atoms with E-state index >= 15 is 0 Å². The van der Waals surface area contributed by atoms with Crippen LogP contribution < -0.4 is 5.56 Å². The first-order chi connectivity index (χ1) is 11.9. The van der Waals surface area contributed by atoms with Crippen molar-refractivity contribution >= 4 is 43.5 Å². The zero-order valence-electron chi connectivity index (χ0n) is 14.0. The molecule has 1 aromatic carbocycles. The van der Waals surface area contributed by atoms with Crippen LogP contribution in [0.15, 0.2) is 45.2 Å². The van der Waals surface area contributed by atoms with Crippen molar-refractivity contribution in [3.8, 4) is 11.1 Å². The third kappa shape index (κ3) is 3.52. The molecule has 0 spiro atoms. The summed E-state index contributed by atoms with van der Waals surface area (Å²) in [6.07, 6.45) is 1.18. The largest absolute Gasteiger partial charge is 0.461 e. The molecular formula is C18H17BrN2O3S. The first-order valence-electron chi connectivity index (χ1n) is 7.83. The Balaban J connectivity index is 2.10. The Hall–Kier alpha value is -1.99. The Labute approximate surface area is 157 Å². The SMILES string of the molecule is CC(C)OC(=O)[C@H](C)n1cnc2scc(-c3ccc(Br)cc3)c2c1=O. The number of carbonyl (C=O) groups excluding carboxylic acids is 1. The van der Waals surface area contributed by atoms with Gasteiger partial charge in [0.15, 0.2) is 0 Å². The summed E-state index contributed by atoms with van der Waals surface area (Å²) in [4.78, 5) is 30.2. The molecule has 0 unspecified atom stereocenters. The van der Waals surface area contributed by atoms with Crippen LogP contribution in [0, 0.1) is 0 Å². The summed E-state index contributed by atoms with van der Waals surface area (Å²) in [5.41, 5.74) is 1.52. The first-order valence-corrected chi connectivity index (χ1v) is 9.50. The number of hydrogen-bond donors (Lipinski definition) is 0. The number of hydrogen-bond acceptors (Lipinski definition) is 5. The summed E-state index contributed by atoms with van der Waals surface area (Å²) in [6, 6.07) is 7.01. The Morgan fingerprint density at radius 1 is 1.24 bits per heavy atom. The van der Waals surface area contributed by atoms with Crippen molar-refractivity contribution in [1.29, 1.82) is 0 Å². The fourth-order valence-corrected chi connectivity index (χ4v) is 3.68. The number of esters is 1. The second-order valence-electron chi connectivity index (χ2n) is 5.96. The van der Waals surface area contributed by atoms with Gasteiger partial charge in [-0.15, -0.1) is 11.3 Å². The fourth-order valence-electron chi connectivity index (χ4n) is 2.51. The summed E-state index contributed by atoms with van der Waals surface area (Å²) in [7, 11) is 0. The summed E-state index contributed by atoms with van der Waals surface area (Å²) >= 11 is 4.83. The van der Waals surface area contributed by atoms with Crippen molar-refractivity contribution in [3.05, 3.63) is 50.8 Å². The lowest BCUT2D eigenvalue weighted by molar-refractivity contribution is -0.151. The van der Waals surface area contributed by atoms with Gasteiger partial charge in [0.25, 0.3) is 5.56 Å². The van der Waals surface area contributed by atoms with E-state index in [9.17, 15) is 9.59 Å². The van der Waals surface area contributed by atoms with Crippen molar-refractivity contribution < 1.29 is 9.53 Å². The molecule has 0 aliphatic rings. The molecule has 0 N–H and O–H groups in total. The molecule has 3 rings (SSSR count). The van der Waals surface area contributed by atoms with Crippen LogP contribution in [0.25, 0.3) is 21.3 Å². The molecule has 2 aromatic heterocycles. The summed E-state index contributed by atoms with van der Waals surface area (Å²) in [5.74, 6) is -0.446. The Morgan fingerprint density at radius 3 is 2.56 bits per heavy atom. The molecule has 0 fully saturated rings. The van der Waals surface area contributed by atoms with Gasteiger partial charge in [0.1, 0.15) is 10.9 Å². The maximum absolute atomic E-state index is 13.0. The van der Waals surface area contributed by atoms with Gasteiger partial charge in [0.2, 0.25) is 0 Å². The van der Waals surface area contributed by atoms with Crippen molar-refractivity contribution in [2.24, 2.45) is 0 Å². The molecule has 7 heteroatoms. The highest BCUT2D eigenvalue weighted by atomic mass is 79.9. The highest BCUT2D eigenvalue weighted by Gasteiger charge is 2.22. The minimum atomic E-state index is -0.732. The number of ether oxygens (including phenoxy) is 1. The summed E-state index contributed by atoms with van der Waals surface area (Å²) in [5, 5.41) is 2.45. The third-order valence-corrected chi connectivity index (χ3v) is 5.20. The van der Waals surface area contributed by atoms with Gasteiger partial charge in [-0.05, 0) is 38.5 Å². The molecule has 0 radical (unpaired) electrons. The lowest BCUT2D eigenvalue weighted by Gasteiger charge is -2.16. The molecular weight excluding hydrogens is 404 g/mol. The summed E-state index contributed by atoms with van der Waals surface area (Å²) < 4.78 is 7.52. The van der Waals surface area contributed by atoms with Gasteiger partial charge in [-0.3, -0.25) is 9.36 Å². The molecule has 0 saturated heterocycles. The number of rotatable bonds is 4. The molecule has 130 valence electrons. The minimum absolute atomic E-state index is 0.234. The highest BCUT2D eigenvalue weighted by Crippen LogP contribution is 2.31. The van der Waals surface area contributed by atoms with Crippen LogP contribution >= 0.6 is 27.3 Å². The minimum Gasteiger partial charge on any atom is -0.461 e.